The quantitative estimate of drug-likeness (QED) is 0.354. The molecular weight excluding hydrogens is 484 g/mol. The fourth-order valence-electron chi connectivity index (χ4n) is 4.28. The normalized spacial score (nSPS) is 14.4. The van der Waals surface area contributed by atoms with E-state index in [1.165, 1.54) is 28.2 Å². The Morgan fingerprint density at radius 1 is 0.969 bits per heavy atom. The SMILES string of the molecule is Cc1ccc(C)c(N2CCN(C(=O)c3cc4c(C)nn(-c5ccc(Br)cc5)c4s3)CC2)c1. The molecule has 5 nitrogen and oxygen atoms in total. The summed E-state index contributed by atoms with van der Waals surface area (Å²) in [5.41, 5.74) is 5.77. The average molecular weight is 509 g/mol. The Morgan fingerprint density at radius 3 is 2.41 bits per heavy atom. The van der Waals surface area contributed by atoms with Gasteiger partial charge in [0.1, 0.15) is 4.83 Å². The van der Waals surface area contributed by atoms with Gasteiger partial charge in [0.2, 0.25) is 0 Å². The summed E-state index contributed by atoms with van der Waals surface area (Å²) in [5, 5.41) is 5.75. The second-order valence-electron chi connectivity index (χ2n) is 8.37. The summed E-state index contributed by atoms with van der Waals surface area (Å²) in [6.45, 7) is 9.46. The zero-order valence-corrected chi connectivity index (χ0v) is 20.8. The number of nitrogens with zero attached hydrogens (tertiary/aromatic N) is 4. The van der Waals surface area contributed by atoms with Gasteiger partial charge in [-0.25, -0.2) is 4.68 Å². The summed E-state index contributed by atoms with van der Waals surface area (Å²) in [5.74, 6) is 0.119. The number of benzene rings is 2. The Kier molecular flexibility index (Phi) is 5.55. The van der Waals surface area contributed by atoms with Crippen LogP contribution in [0.1, 0.15) is 26.5 Å². The van der Waals surface area contributed by atoms with E-state index in [1.54, 1.807) is 0 Å². The van der Waals surface area contributed by atoms with Gasteiger partial charge in [-0.3, -0.25) is 4.79 Å². The number of aryl methyl sites for hydroxylation is 3. The molecule has 0 spiro atoms. The summed E-state index contributed by atoms with van der Waals surface area (Å²) < 4.78 is 2.97. The van der Waals surface area contributed by atoms with Gasteiger partial charge in [-0.2, -0.15) is 5.10 Å². The molecule has 164 valence electrons. The van der Waals surface area contributed by atoms with Crippen LogP contribution in [-0.2, 0) is 0 Å². The standard InChI is InChI=1S/C25H25BrN4OS/c1-16-4-5-17(2)22(14-16)28-10-12-29(13-11-28)24(31)23-15-21-18(3)27-30(25(21)32-23)20-8-6-19(26)7-9-20/h4-9,14-15H,10-13H2,1-3H3. The number of anilines is 1. The Balaban J connectivity index is 1.36. The number of amides is 1. The molecule has 0 aliphatic carbocycles. The lowest BCUT2D eigenvalue weighted by atomic mass is 10.1. The van der Waals surface area contributed by atoms with E-state index in [2.05, 4.69) is 52.9 Å². The van der Waals surface area contributed by atoms with E-state index in [1.807, 2.05) is 46.8 Å². The molecule has 2 aromatic carbocycles. The van der Waals surface area contributed by atoms with Crippen molar-refractivity contribution in [2.75, 3.05) is 31.1 Å². The van der Waals surface area contributed by atoms with Crippen LogP contribution in [-0.4, -0.2) is 46.8 Å². The van der Waals surface area contributed by atoms with Crippen LogP contribution in [0.25, 0.3) is 15.9 Å². The number of piperazine rings is 1. The van der Waals surface area contributed by atoms with E-state index in [4.69, 9.17) is 5.10 Å². The number of halogens is 1. The van der Waals surface area contributed by atoms with Gasteiger partial charge in [0.25, 0.3) is 5.91 Å². The molecule has 1 saturated heterocycles. The van der Waals surface area contributed by atoms with Crippen molar-refractivity contribution in [3.63, 3.8) is 0 Å². The Hall–Kier alpha value is -2.64. The molecule has 1 aliphatic heterocycles. The van der Waals surface area contributed by atoms with E-state index in [0.29, 0.717) is 0 Å². The zero-order chi connectivity index (χ0) is 22.4. The first-order valence-corrected chi connectivity index (χ1v) is 12.4. The summed E-state index contributed by atoms with van der Waals surface area (Å²) in [7, 11) is 0. The van der Waals surface area contributed by atoms with Crippen molar-refractivity contribution in [2.45, 2.75) is 20.8 Å². The Morgan fingerprint density at radius 2 is 1.69 bits per heavy atom. The molecule has 1 aliphatic rings. The van der Waals surface area contributed by atoms with Crippen LogP contribution in [0.5, 0.6) is 0 Å². The number of aromatic nitrogens is 2. The van der Waals surface area contributed by atoms with Crippen molar-refractivity contribution in [3.05, 3.63) is 74.7 Å². The number of fused-ring (bicyclic) bond motifs is 1. The highest BCUT2D eigenvalue weighted by molar-refractivity contribution is 9.10. The molecule has 4 aromatic rings. The number of carbonyl (C=O) groups is 1. The van der Waals surface area contributed by atoms with Gasteiger partial charge in [0, 0.05) is 41.7 Å². The number of hydrogen-bond donors (Lipinski definition) is 0. The third-order valence-corrected chi connectivity index (χ3v) is 7.73. The molecule has 0 bridgehead atoms. The van der Waals surface area contributed by atoms with Gasteiger partial charge in [-0.05, 0) is 68.3 Å². The monoisotopic (exact) mass is 508 g/mol. The first-order valence-electron chi connectivity index (χ1n) is 10.8. The van der Waals surface area contributed by atoms with Crippen LogP contribution in [0.4, 0.5) is 5.69 Å². The first kappa shape index (κ1) is 21.2. The van der Waals surface area contributed by atoms with E-state index in [-0.39, 0.29) is 5.91 Å². The zero-order valence-electron chi connectivity index (χ0n) is 18.4. The van der Waals surface area contributed by atoms with E-state index < -0.39 is 0 Å². The molecule has 1 amide bonds. The van der Waals surface area contributed by atoms with E-state index >= 15 is 0 Å². The third kappa shape index (κ3) is 3.84. The largest absolute Gasteiger partial charge is 0.368 e. The molecule has 0 radical (unpaired) electrons. The fourth-order valence-corrected chi connectivity index (χ4v) is 5.69. The molecule has 5 rings (SSSR count). The lowest BCUT2D eigenvalue weighted by Gasteiger charge is -2.36. The second kappa shape index (κ2) is 8.37. The molecule has 0 saturated carbocycles. The van der Waals surface area contributed by atoms with Crippen molar-refractivity contribution in [1.29, 1.82) is 0 Å². The van der Waals surface area contributed by atoms with Crippen LogP contribution in [0.3, 0.4) is 0 Å². The lowest BCUT2D eigenvalue weighted by Crippen LogP contribution is -2.48. The van der Waals surface area contributed by atoms with Gasteiger partial charge >= 0.3 is 0 Å². The van der Waals surface area contributed by atoms with Gasteiger partial charge in [-0.15, -0.1) is 11.3 Å². The van der Waals surface area contributed by atoms with Crippen LogP contribution in [0.15, 0.2) is 53.0 Å². The maximum Gasteiger partial charge on any atom is 0.264 e. The molecular formula is C25H25BrN4OS. The second-order valence-corrected chi connectivity index (χ2v) is 10.3. The van der Waals surface area contributed by atoms with Gasteiger partial charge in [0.05, 0.1) is 16.3 Å². The topological polar surface area (TPSA) is 41.4 Å². The van der Waals surface area contributed by atoms with Crippen molar-refractivity contribution >= 4 is 49.1 Å². The van der Waals surface area contributed by atoms with Crippen molar-refractivity contribution < 1.29 is 4.79 Å². The predicted octanol–water partition coefficient (Wildman–Crippen LogP) is 5.74. The smallest absolute Gasteiger partial charge is 0.264 e. The van der Waals surface area contributed by atoms with Crippen molar-refractivity contribution in [1.82, 2.24) is 14.7 Å². The molecule has 0 unspecified atom stereocenters. The van der Waals surface area contributed by atoms with Crippen LogP contribution in [0, 0.1) is 20.8 Å². The molecule has 1 fully saturated rings. The van der Waals surface area contributed by atoms with Crippen LogP contribution >= 0.6 is 27.3 Å². The highest BCUT2D eigenvalue weighted by atomic mass is 79.9. The minimum atomic E-state index is 0.119. The predicted molar refractivity (Wildman–Crippen MR) is 135 cm³/mol. The summed E-state index contributed by atoms with van der Waals surface area (Å²) in [6.07, 6.45) is 0. The maximum atomic E-state index is 13.3. The van der Waals surface area contributed by atoms with Crippen LogP contribution in [0.2, 0.25) is 0 Å². The molecule has 3 heterocycles. The highest BCUT2D eigenvalue weighted by Gasteiger charge is 2.25. The summed E-state index contributed by atoms with van der Waals surface area (Å²) >= 11 is 5.02. The fraction of sp³-hybridized carbons (Fsp3) is 0.280. The molecule has 32 heavy (non-hydrogen) atoms. The Labute approximate surface area is 200 Å². The maximum absolute atomic E-state index is 13.3. The third-order valence-electron chi connectivity index (χ3n) is 6.10. The molecule has 7 heteroatoms. The minimum Gasteiger partial charge on any atom is -0.368 e. The first-order chi connectivity index (χ1) is 15.4. The van der Waals surface area contributed by atoms with Crippen molar-refractivity contribution in [2.24, 2.45) is 0 Å². The van der Waals surface area contributed by atoms with Crippen molar-refractivity contribution in [3.8, 4) is 5.69 Å². The molecule has 0 atom stereocenters. The molecule has 2 aromatic heterocycles. The van der Waals surface area contributed by atoms with Gasteiger partial charge in [-0.1, -0.05) is 28.1 Å². The summed E-state index contributed by atoms with van der Waals surface area (Å²) in [6, 6.07) is 16.7. The lowest BCUT2D eigenvalue weighted by molar-refractivity contribution is 0.0751. The van der Waals surface area contributed by atoms with Gasteiger partial charge in [0.15, 0.2) is 0 Å². The number of rotatable bonds is 3. The van der Waals surface area contributed by atoms with E-state index in [9.17, 15) is 4.79 Å². The number of carbonyl (C=O) groups excluding carboxylic acids is 1. The molecule has 0 N–H and O–H groups in total. The van der Waals surface area contributed by atoms with E-state index in [0.717, 1.165) is 57.1 Å². The van der Waals surface area contributed by atoms with Crippen LogP contribution < -0.4 is 4.90 Å². The summed E-state index contributed by atoms with van der Waals surface area (Å²) in [4.78, 5) is 19.5. The van der Waals surface area contributed by atoms with Gasteiger partial charge < -0.3 is 9.80 Å². The minimum absolute atomic E-state index is 0.119. The number of thiophene rings is 1. The highest BCUT2D eigenvalue weighted by Crippen LogP contribution is 2.32. The Bertz CT molecular complexity index is 1300. The average Bonchev–Trinajstić information content (AvgIpc) is 3.36. The number of hydrogen-bond acceptors (Lipinski definition) is 4.